The van der Waals surface area contributed by atoms with Gasteiger partial charge in [0.1, 0.15) is 0 Å². The summed E-state index contributed by atoms with van der Waals surface area (Å²) in [4.78, 5) is 1.30. The first-order chi connectivity index (χ1) is 8.20. The molecule has 3 nitrogen and oxygen atoms in total. The SMILES string of the molecule is Cc1cc(C(CCC2CCCO2)NN)sc1Br. The zero-order valence-corrected chi connectivity index (χ0v) is 12.4. The molecule has 0 saturated carbocycles. The van der Waals surface area contributed by atoms with E-state index in [2.05, 4.69) is 34.3 Å². The molecule has 0 bridgehead atoms. The first-order valence-electron chi connectivity index (χ1n) is 6.04. The minimum absolute atomic E-state index is 0.245. The molecule has 1 saturated heterocycles. The van der Waals surface area contributed by atoms with Crippen molar-refractivity contribution in [3.8, 4) is 0 Å². The van der Waals surface area contributed by atoms with E-state index >= 15 is 0 Å². The summed E-state index contributed by atoms with van der Waals surface area (Å²) in [6, 6.07) is 2.45. The van der Waals surface area contributed by atoms with Gasteiger partial charge in [-0.3, -0.25) is 11.3 Å². The molecule has 0 aromatic carbocycles. The van der Waals surface area contributed by atoms with Crippen LogP contribution in [0.3, 0.4) is 0 Å². The van der Waals surface area contributed by atoms with Crippen LogP contribution in [0.25, 0.3) is 0 Å². The average Bonchev–Trinajstić information content (AvgIpc) is 2.91. The minimum atomic E-state index is 0.245. The Morgan fingerprint density at radius 3 is 3.06 bits per heavy atom. The van der Waals surface area contributed by atoms with Crippen LogP contribution in [0.2, 0.25) is 0 Å². The molecule has 1 aliphatic heterocycles. The van der Waals surface area contributed by atoms with Crippen LogP contribution in [0, 0.1) is 6.92 Å². The fraction of sp³-hybridized carbons (Fsp3) is 0.667. The van der Waals surface area contributed by atoms with Gasteiger partial charge in [-0.05, 0) is 60.2 Å². The number of halogens is 1. The van der Waals surface area contributed by atoms with Gasteiger partial charge in [-0.1, -0.05) is 0 Å². The van der Waals surface area contributed by atoms with Gasteiger partial charge in [-0.15, -0.1) is 11.3 Å². The van der Waals surface area contributed by atoms with Gasteiger partial charge in [0, 0.05) is 11.5 Å². The van der Waals surface area contributed by atoms with Crippen LogP contribution in [0.4, 0.5) is 0 Å². The highest BCUT2D eigenvalue weighted by atomic mass is 79.9. The van der Waals surface area contributed by atoms with Gasteiger partial charge in [-0.25, -0.2) is 0 Å². The third-order valence-electron chi connectivity index (χ3n) is 3.22. The predicted octanol–water partition coefficient (Wildman–Crippen LogP) is 3.28. The molecule has 0 radical (unpaired) electrons. The number of nitrogens with one attached hydrogen (secondary N) is 1. The Morgan fingerprint density at radius 1 is 1.71 bits per heavy atom. The van der Waals surface area contributed by atoms with Crippen molar-refractivity contribution in [3.05, 3.63) is 20.3 Å². The van der Waals surface area contributed by atoms with E-state index in [0.717, 1.165) is 19.4 Å². The molecule has 1 aromatic heterocycles. The van der Waals surface area contributed by atoms with Gasteiger partial charge in [0.2, 0.25) is 0 Å². The van der Waals surface area contributed by atoms with E-state index in [1.54, 1.807) is 11.3 Å². The summed E-state index contributed by atoms with van der Waals surface area (Å²) in [6.07, 6.45) is 4.96. The van der Waals surface area contributed by atoms with Crippen molar-refractivity contribution in [2.45, 2.75) is 44.8 Å². The lowest BCUT2D eigenvalue weighted by Crippen LogP contribution is -2.28. The summed E-state index contributed by atoms with van der Waals surface area (Å²) in [6.45, 7) is 3.03. The fourth-order valence-corrected chi connectivity index (χ4v) is 3.85. The third-order valence-corrected chi connectivity index (χ3v) is 5.47. The summed E-state index contributed by atoms with van der Waals surface area (Å²) in [5.74, 6) is 5.65. The van der Waals surface area contributed by atoms with Crippen LogP contribution >= 0.6 is 27.3 Å². The highest BCUT2D eigenvalue weighted by Crippen LogP contribution is 2.33. The van der Waals surface area contributed by atoms with Crippen molar-refractivity contribution in [3.63, 3.8) is 0 Å². The summed E-state index contributed by atoms with van der Waals surface area (Å²) in [5, 5.41) is 0. The van der Waals surface area contributed by atoms with Crippen LogP contribution in [-0.4, -0.2) is 12.7 Å². The second-order valence-electron chi connectivity index (χ2n) is 4.54. The Kier molecular flexibility index (Phi) is 4.99. The van der Waals surface area contributed by atoms with Crippen molar-refractivity contribution in [1.29, 1.82) is 0 Å². The molecule has 17 heavy (non-hydrogen) atoms. The average molecular weight is 319 g/mol. The van der Waals surface area contributed by atoms with Gasteiger partial charge >= 0.3 is 0 Å². The molecule has 1 aliphatic rings. The van der Waals surface area contributed by atoms with Crippen molar-refractivity contribution < 1.29 is 4.74 Å². The lowest BCUT2D eigenvalue weighted by Gasteiger charge is -2.16. The second-order valence-corrected chi connectivity index (χ2v) is 6.94. The summed E-state index contributed by atoms with van der Waals surface area (Å²) >= 11 is 5.32. The standard InChI is InChI=1S/C12H19BrN2OS/c1-8-7-11(17-12(8)13)10(15-14)5-4-9-3-2-6-16-9/h7,9-10,15H,2-6,14H2,1H3. The van der Waals surface area contributed by atoms with Gasteiger partial charge in [0.05, 0.1) is 15.9 Å². The number of hydrogen-bond acceptors (Lipinski definition) is 4. The topological polar surface area (TPSA) is 47.3 Å². The van der Waals surface area contributed by atoms with Gasteiger partial charge in [0.15, 0.2) is 0 Å². The molecule has 1 aromatic rings. The molecule has 1 fully saturated rings. The number of rotatable bonds is 5. The van der Waals surface area contributed by atoms with Crippen LogP contribution in [-0.2, 0) is 4.74 Å². The van der Waals surface area contributed by atoms with Crippen LogP contribution in [0.15, 0.2) is 9.85 Å². The summed E-state index contributed by atoms with van der Waals surface area (Å²) in [7, 11) is 0. The lowest BCUT2D eigenvalue weighted by atomic mass is 10.0. The zero-order chi connectivity index (χ0) is 12.3. The maximum Gasteiger partial charge on any atom is 0.0731 e. The molecule has 2 unspecified atom stereocenters. The van der Waals surface area contributed by atoms with Gasteiger partial charge < -0.3 is 4.74 Å². The normalized spacial score (nSPS) is 21.9. The fourth-order valence-electron chi connectivity index (χ4n) is 2.19. The van der Waals surface area contributed by atoms with Crippen molar-refractivity contribution >= 4 is 27.3 Å². The molecule has 0 spiro atoms. The summed E-state index contributed by atoms with van der Waals surface area (Å²) in [5.41, 5.74) is 4.20. The Bertz CT molecular complexity index is 344. The van der Waals surface area contributed by atoms with E-state index in [1.165, 1.54) is 27.1 Å². The van der Waals surface area contributed by atoms with E-state index in [1.807, 2.05) is 0 Å². The number of hydrazine groups is 1. The lowest BCUT2D eigenvalue weighted by molar-refractivity contribution is 0.0997. The first kappa shape index (κ1) is 13.5. The van der Waals surface area contributed by atoms with E-state index in [0.29, 0.717) is 6.10 Å². The molecule has 5 heteroatoms. The number of hydrogen-bond donors (Lipinski definition) is 2. The van der Waals surface area contributed by atoms with E-state index < -0.39 is 0 Å². The molecular weight excluding hydrogens is 300 g/mol. The van der Waals surface area contributed by atoms with Crippen molar-refractivity contribution in [1.82, 2.24) is 5.43 Å². The highest BCUT2D eigenvalue weighted by molar-refractivity contribution is 9.11. The molecule has 2 heterocycles. The molecule has 2 rings (SSSR count). The van der Waals surface area contributed by atoms with Crippen molar-refractivity contribution in [2.75, 3.05) is 6.61 Å². The van der Waals surface area contributed by atoms with Crippen LogP contribution < -0.4 is 11.3 Å². The Balaban J connectivity index is 1.91. The molecule has 0 amide bonds. The Morgan fingerprint density at radius 2 is 2.53 bits per heavy atom. The molecular formula is C12H19BrN2OS. The number of ether oxygens (including phenoxy) is 1. The molecule has 2 atom stereocenters. The largest absolute Gasteiger partial charge is 0.378 e. The predicted molar refractivity (Wildman–Crippen MR) is 75.0 cm³/mol. The Labute approximate surface area is 115 Å². The monoisotopic (exact) mass is 318 g/mol. The minimum Gasteiger partial charge on any atom is -0.378 e. The zero-order valence-electron chi connectivity index (χ0n) is 10.0. The maximum atomic E-state index is 5.65. The van der Waals surface area contributed by atoms with E-state index in [9.17, 15) is 0 Å². The molecule has 0 aliphatic carbocycles. The third kappa shape index (κ3) is 3.51. The number of nitrogens with two attached hydrogens (primary N) is 1. The van der Waals surface area contributed by atoms with E-state index in [4.69, 9.17) is 10.6 Å². The molecule has 3 N–H and O–H groups in total. The smallest absolute Gasteiger partial charge is 0.0731 e. The van der Waals surface area contributed by atoms with Gasteiger partial charge in [0.25, 0.3) is 0 Å². The highest BCUT2D eigenvalue weighted by Gasteiger charge is 2.19. The maximum absolute atomic E-state index is 5.65. The Hall–Kier alpha value is 0.0600. The quantitative estimate of drug-likeness (QED) is 0.647. The summed E-state index contributed by atoms with van der Waals surface area (Å²) < 4.78 is 6.84. The van der Waals surface area contributed by atoms with Crippen LogP contribution in [0.5, 0.6) is 0 Å². The molecule has 96 valence electrons. The first-order valence-corrected chi connectivity index (χ1v) is 7.65. The number of thiophene rings is 1. The van der Waals surface area contributed by atoms with Gasteiger partial charge in [-0.2, -0.15) is 0 Å². The second kappa shape index (κ2) is 6.29. The number of aryl methyl sites for hydroxylation is 1. The van der Waals surface area contributed by atoms with Crippen molar-refractivity contribution in [2.24, 2.45) is 5.84 Å². The van der Waals surface area contributed by atoms with Crippen LogP contribution in [0.1, 0.15) is 42.2 Å². The van der Waals surface area contributed by atoms with E-state index in [-0.39, 0.29) is 6.04 Å².